The summed E-state index contributed by atoms with van der Waals surface area (Å²) in [6.07, 6.45) is 0.806. The highest BCUT2D eigenvalue weighted by Crippen LogP contribution is 2.19. The van der Waals surface area contributed by atoms with Gasteiger partial charge in [-0.2, -0.15) is 0 Å². The van der Waals surface area contributed by atoms with Crippen LogP contribution in [-0.2, 0) is 11.2 Å². The molecule has 2 amide bonds. The van der Waals surface area contributed by atoms with Crippen molar-refractivity contribution in [2.45, 2.75) is 13.3 Å². The predicted octanol–water partition coefficient (Wildman–Crippen LogP) is 2.84. The van der Waals surface area contributed by atoms with Gasteiger partial charge in [0.2, 0.25) is 0 Å². The molecule has 0 aliphatic rings. The van der Waals surface area contributed by atoms with Gasteiger partial charge in [-0.05, 0) is 30.2 Å². The topological polar surface area (TPSA) is 80.6 Å². The van der Waals surface area contributed by atoms with E-state index in [-0.39, 0.29) is 12.4 Å². The lowest BCUT2D eigenvalue weighted by atomic mass is 10.1. The van der Waals surface area contributed by atoms with Gasteiger partial charge in [-0.3, -0.25) is 20.4 Å². The smallest absolute Gasteiger partial charge is 0.305 e. The molecule has 0 saturated heterocycles. The first-order valence-corrected chi connectivity index (χ1v) is 7.96. The number of nitrogens with one attached hydrogen (secondary N) is 2. The Bertz CT molecular complexity index is 868. The van der Waals surface area contributed by atoms with Crippen LogP contribution >= 0.6 is 0 Å². The van der Waals surface area contributed by atoms with Crippen LogP contribution in [0.3, 0.4) is 0 Å². The van der Waals surface area contributed by atoms with Crippen molar-refractivity contribution in [3.8, 4) is 5.75 Å². The van der Waals surface area contributed by atoms with Crippen LogP contribution in [0.15, 0.2) is 59.0 Å². The van der Waals surface area contributed by atoms with E-state index in [1.54, 1.807) is 18.2 Å². The Labute approximate surface area is 144 Å². The van der Waals surface area contributed by atoms with Crippen LogP contribution in [0, 0.1) is 0 Å². The fourth-order valence-electron chi connectivity index (χ4n) is 2.40. The summed E-state index contributed by atoms with van der Waals surface area (Å²) in [5.41, 5.74) is 6.25. The number of ether oxygens (including phenoxy) is 1. The minimum Gasteiger partial charge on any atom is -0.483 e. The van der Waals surface area contributed by atoms with Gasteiger partial charge in [-0.15, -0.1) is 0 Å². The molecule has 3 rings (SSSR count). The van der Waals surface area contributed by atoms with Gasteiger partial charge >= 0.3 is 5.91 Å². The number of fused-ring (bicyclic) bond motifs is 1. The highest BCUT2D eigenvalue weighted by Gasteiger charge is 2.13. The molecule has 0 spiro atoms. The molecule has 3 aromatic rings. The fraction of sp³-hybridized carbons (Fsp3) is 0.158. The first-order chi connectivity index (χ1) is 12.2. The van der Waals surface area contributed by atoms with Crippen LogP contribution in [0.25, 0.3) is 11.0 Å². The van der Waals surface area contributed by atoms with E-state index in [1.165, 1.54) is 0 Å². The van der Waals surface area contributed by atoms with Crippen molar-refractivity contribution >= 4 is 22.8 Å². The van der Waals surface area contributed by atoms with Crippen LogP contribution < -0.4 is 15.6 Å². The number of carbonyl (C=O) groups is 2. The zero-order chi connectivity index (χ0) is 17.6. The summed E-state index contributed by atoms with van der Waals surface area (Å²) in [6, 6.07) is 16.4. The number of benzene rings is 2. The highest BCUT2D eigenvalue weighted by atomic mass is 16.5. The normalized spacial score (nSPS) is 10.4. The van der Waals surface area contributed by atoms with Gasteiger partial charge in [0.1, 0.15) is 11.3 Å². The molecular weight excluding hydrogens is 320 g/mol. The molecule has 0 saturated carbocycles. The van der Waals surface area contributed by atoms with E-state index < -0.39 is 11.8 Å². The molecular formula is C19H18N2O4. The van der Waals surface area contributed by atoms with Crippen molar-refractivity contribution in [1.29, 1.82) is 0 Å². The van der Waals surface area contributed by atoms with Gasteiger partial charge < -0.3 is 9.15 Å². The van der Waals surface area contributed by atoms with Crippen LogP contribution in [0.1, 0.15) is 23.0 Å². The molecule has 128 valence electrons. The van der Waals surface area contributed by atoms with Crippen molar-refractivity contribution in [1.82, 2.24) is 10.9 Å². The Morgan fingerprint density at radius 3 is 2.60 bits per heavy atom. The van der Waals surface area contributed by atoms with Gasteiger partial charge in [0.25, 0.3) is 5.91 Å². The average Bonchev–Trinajstić information content (AvgIpc) is 3.09. The van der Waals surface area contributed by atoms with Crippen LogP contribution in [0.4, 0.5) is 0 Å². The number of aryl methyl sites for hydroxylation is 1. The molecule has 2 N–H and O–H groups in total. The summed E-state index contributed by atoms with van der Waals surface area (Å²) in [4.78, 5) is 23.9. The number of carbonyl (C=O) groups excluding carboxylic acids is 2. The summed E-state index contributed by atoms with van der Waals surface area (Å²) in [5, 5.41) is 0.818. The third-order valence-electron chi connectivity index (χ3n) is 3.68. The van der Waals surface area contributed by atoms with Gasteiger partial charge in [0.15, 0.2) is 12.4 Å². The van der Waals surface area contributed by atoms with E-state index in [2.05, 4.69) is 10.9 Å². The second-order valence-electron chi connectivity index (χ2n) is 5.40. The Morgan fingerprint density at radius 2 is 1.80 bits per heavy atom. The van der Waals surface area contributed by atoms with Gasteiger partial charge in [0, 0.05) is 5.39 Å². The van der Waals surface area contributed by atoms with Crippen molar-refractivity contribution in [3.05, 3.63) is 65.9 Å². The van der Waals surface area contributed by atoms with E-state index in [0.29, 0.717) is 11.3 Å². The van der Waals surface area contributed by atoms with Crippen LogP contribution in [-0.4, -0.2) is 18.4 Å². The second kappa shape index (κ2) is 7.53. The van der Waals surface area contributed by atoms with E-state index in [9.17, 15) is 9.59 Å². The average molecular weight is 338 g/mol. The molecule has 2 aromatic carbocycles. The van der Waals surface area contributed by atoms with Crippen molar-refractivity contribution < 1.29 is 18.7 Å². The number of hydrogen-bond acceptors (Lipinski definition) is 4. The SMILES string of the molecule is CCc1ccccc1OCC(=O)NNC(=O)c1cc2ccccc2o1. The number of amides is 2. The molecule has 0 atom stereocenters. The third kappa shape index (κ3) is 3.98. The van der Waals surface area contributed by atoms with Gasteiger partial charge in [-0.25, -0.2) is 0 Å². The largest absolute Gasteiger partial charge is 0.483 e. The highest BCUT2D eigenvalue weighted by molar-refractivity contribution is 5.97. The molecule has 6 nitrogen and oxygen atoms in total. The molecule has 1 heterocycles. The maximum atomic E-state index is 12.0. The van der Waals surface area contributed by atoms with Crippen molar-refractivity contribution in [2.75, 3.05) is 6.61 Å². The van der Waals surface area contributed by atoms with E-state index in [0.717, 1.165) is 17.4 Å². The monoisotopic (exact) mass is 338 g/mol. The number of rotatable bonds is 5. The van der Waals surface area contributed by atoms with Crippen LogP contribution in [0.2, 0.25) is 0 Å². The number of hydrogen-bond donors (Lipinski definition) is 2. The molecule has 0 radical (unpaired) electrons. The Kier molecular flexibility index (Phi) is 4.99. The second-order valence-corrected chi connectivity index (χ2v) is 5.40. The lowest BCUT2D eigenvalue weighted by Gasteiger charge is -2.10. The van der Waals surface area contributed by atoms with E-state index >= 15 is 0 Å². The lowest BCUT2D eigenvalue weighted by molar-refractivity contribution is -0.123. The number of furan rings is 1. The summed E-state index contributed by atoms with van der Waals surface area (Å²) >= 11 is 0. The fourth-order valence-corrected chi connectivity index (χ4v) is 2.40. The lowest BCUT2D eigenvalue weighted by Crippen LogP contribution is -2.43. The Hall–Kier alpha value is -3.28. The van der Waals surface area contributed by atoms with E-state index in [1.807, 2.05) is 43.3 Å². The minimum atomic E-state index is -0.529. The molecule has 0 bridgehead atoms. The number of para-hydroxylation sites is 2. The van der Waals surface area contributed by atoms with Crippen molar-refractivity contribution in [2.24, 2.45) is 0 Å². The summed E-state index contributed by atoms with van der Waals surface area (Å²) < 4.78 is 10.9. The summed E-state index contributed by atoms with van der Waals surface area (Å²) in [6.45, 7) is 1.81. The van der Waals surface area contributed by atoms with Crippen LogP contribution in [0.5, 0.6) is 5.75 Å². The zero-order valence-electron chi connectivity index (χ0n) is 13.7. The van der Waals surface area contributed by atoms with Gasteiger partial charge in [0.05, 0.1) is 0 Å². The van der Waals surface area contributed by atoms with E-state index in [4.69, 9.17) is 9.15 Å². The van der Waals surface area contributed by atoms with Gasteiger partial charge in [-0.1, -0.05) is 43.3 Å². The standard InChI is InChI=1S/C19H18N2O4/c1-2-13-7-3-5-9-15(13)24-12-18(22)20-21-19(23)17-11-14-8-4-6-10-16(14)25-17/h3-11H,2,12H2,1H3,(H,20,22)(H,21,23). The molecule has 6 heteroatoms. The summed E-state index contributed by atoms with van der Waals surface area (Å²) in [5.74, 6) is -0.212. The Morgan fingerprint density at radius 1 is 1.04 bits per heavy atom. The van der Waals surface area contributed by atoms with Crippen molar-refractivity contribution in [3.63, 3.8) is 0 Å². The maximum Gasteiger partial charge on any atom is 0.305 e. The molecule has 1 aromatic heterocycles. The molecule has 0 fully saturated rings. The third-order valence-corrected chi connectivity index (χ3v) is 3.68. The first-order valence-electron chi connectivity index (χ1n) is 7.96. The predicted molar refractivity (Wildman–Crippen MR) is 93.1 cm³/mol. The molecule has 0 aliphatic heterocycles. The Balaban J connectivity index is 1.52. The quantitative estimate of drug-likeness (QED) is 0.701. The zero-order valence-corrected chi connectivity index (χ0v) is 13.7. The summed E-state index contributed by atoms with van der Waals surface area (Å²) in [7, 11) is 0. The minimum absolute atomic E-state index is 0.124. The number of hydrazine groups is 1. The molecule has 0 aliphatic carbocycles. The molecule has 25 heavy (non-hydrogen) atoms. The first kappa shape index (κ1) is 16.6. The maximum absolute atomic E-state index is 12.0. The molecule has 0 unspecified atom stereocenters.